The van der Waals surface area contributed by atoms with Gasteiger partial charge in [-0.25, -0.2) is 0 Å². The number of rotatable bonds is 1. The van der Waals surface area contributed by atoms with Gasteiger partial charge in [0.15, 0.2) is 0 Å². The summed E-state index contributed by atoms with van der Waals surface area (Å²) in [5.74, 6) is 0. The first-order chi connectivity index (χ1) is 7.79. The Morgan fingerprint density at radius 1 is 1.06 bits per heavy atom. The molecule has 0 aromatic rings. The van der Waals surface area contributed by atoms with Crippen LogP contribution in [-0.2, 0) is 0 Å². The lowest BCUT2D eigenvalue weighted by Gasteiger charge is -2.53. The smallest absolute Gasteiger partial charge is 0.0793 e. The molecule has 0 amide bonds. The molecule has 1 spiro atoms. The van der Waals surface area contributed by atoms with E-state index in [2.05, 4.69) is 12.1 Å². The quantitative estimate of drug-likeness (QED) is 0.596. The Hall–Kier alpha value is -0.770. The van der Waals surface area contributed by atoms with Gasteiger partial charge in [0.25, 0.3) is 0 Å². The first-order valence-electron chi connectivity index (χ1n) is 6.90. The molecule has 0 saturated heterocycles. The fraction of sp³-hybridized carbons (Fsp3) is 0.800. The summed E-state index contributed by atoms with van der Waals surface area (Å²) < 4.78 is 0. The predicted molar refractivity (Wildman–Crippen MR) is 64.7 cm³/mol. The normalized spacial score (nSPS) is 30.6. The molecule has 86 valence electrons. The van der Waals surface area contributed by atoms with E-state index in [1.807, 2.05) is 0 Å². The maximum atomic E-state index is 9.54. The van der Waals surface area contributed by atoms with Crippen LogP contribution in [0.2, 0.25) is 0 Å². The number of nitrogens with zero attached hydrogens (tertiary/aromatic N) is 1. The number of hydrogen-bond acceptors (Lipinski definition) is 1. The van der Waals surface area contributed by atoms with Crippen molar-refractivity contribution < 1.29 is 0 Å². The largest absolute Gasteiger partial charge is 0.197 e. The van der Waals surface area contributed by atoms with Gasteiger partial charge in [-0.05, 0) is 56.8 Å². The van der Waals surface area contributed by atoms with Crippen LogP contribution in [0, 0.1) is 22.2 Å². The molecule has 0 aromatic carbocycles. The first kappa shape index (κ1) is 10.4. The van der Waals surface area contributed by atoms with E-state index in [0.717, 1.165) is 0 Å². The van der Waals surface area contributed by atoms with E-state index in [1.165, 1.54) is 69.8 Å². The third-order valence-electron chi connectivity index (χ3n) is 5.14. The van der Waals surface area contributed by atoms with Crippen molar-refractivity contribution in [1.29, 1.82) is 5.26 Å². The van der Waals surface area contributed by atoms with Crippen LogP contribution >= 0.6 is 0 Å². The van der Waals surface area contributed by atoms with Crippen LogP contribution in [0.4, 0.5) is 0 Å². The highest BCUT2D eigenvalue weighted by Crippen LogP contribution is 2.65. The fourth-order valence-electron chi connectivity index (χ4n) is 4.36. The van der Waals surface area contributed by atoms with E-state index in [9.17, 15) is 5.26 Å². The second-order valence-electron chi connectivity index (χ2n) is 6.23. The van der Waals surface area contributed by atoms with Crippen molar-refractivity contribution in [2.24, 2.45) is 10.8 Å². The van der Waals surface area contributed by atoms with Gasteiger partial charge in [-0.3, -0.25) is 0 Å². The standard InChI is InChI=1S/C15H21N/c16-12-15(13-6-2-1-3-7-13)10-14(11-15)8-4-5-9-14/h6H,1-5,7-11H2. The van der Waals surface area contributed by atoms with Crippen molar-refractivity contribution in [3.63, 3.8) is 0 Å². The third kappa shape index (κ3) is 1.43. The van der Waals surface area contributed by atoms with Gasteiger partial charge in [0, 0.05) is 0 Å². The highest BCUT2D eigenvalue weighted by molar-refractivity contribution is 5.32. The summed E-state index contributed by atoms with van der Waals surface area (Å²) in [4.78, 5) is 0. The molecule has 0 atom stereocenters. The van der Waals surface area contributed by atoms with Crippen molar-refractivity contribution in [1.82, 2.24) is 0 Å². The minimum atomic E-state index is -0.0231. The summed E-state index contributed by atoms with van der Waals surface area (Å²) in [6.45, 7) is 0. The maximum absolute atomic E-state index is 9.54. The molecule has 2 fully saturated rings. The lowest BCUT2D eigenvalue weighted by atomic mass is 9.49. The van der Waals surface area contributed by atoms with Crippen molar-refractivity contribution >= 4 is 0 Å². The van der Waals surface area contributed by atoms with E-state index in [1.54, 1.807) is 0 Å². The second-order valence-corrected chi connectivity index (χ2v) is 6.23. The molecule has 0 aliphatic heterocycles. The van der Waals surface area contributed by atoms with Crippen LogP contribution in [0.1, 0.15) is 64.2 Å². The highest BCUT2D eigenvalue weighted by atomic mass is 14.6. The summed E-state index contributed by atoms with van der Waals surface area (Å²) >= 11 is 0. The van der Waals surface area contributed by atoms with Gasteiger partial charge in [-0.2, -0.15) is 5.26 Å². The number of allylic oxidation sites excluding steroid dienone is 2. The van der Waals surface area contributed by atoms with Gasteiger partial charge < -0.3 is 0 Å². The van der Waals surface area contributed by atoms with Crippen LogP contribution in [0.5, 0.6) is 0 Å². The van der Waals surface area contributed by atoms with E-state index in [-0.39, 0.29) is 5.41 Å². The van der Waals surface area contributed by atoms with Crippen LogP contribution in [0.25, 0.3) is 0 Å². The summed E-state index contributed by atoms with van der Waals surface area (Å²) in [5.41, 5.74) is 2.07. The Kier molecular flexibility index (Phi) is 2.35. The molecule has 2 saturated carbocycles. The number of nitriles is 1. The zero-order valence-electron chi connectivity index (χ0n) is 10.1. The molecule has 1 nitrogen and oxygen atoms in total. The zero-order valence-corrected chi connectivity index (χ0v) is 10.1. The maximum Gasteiger partial charge on any atom is 0.0793 e. The minimum absolute atomic E-state index is 0.0231. The van der Waals surface area contributed by atoms with E-state index < -0.39 is 0 Å². The average molecular weight is 215 g/mol. The topological polar surface area (TPSA) is 23.8 Å². The Balaban J connectivity index is 1.77. The van der Waals surface area contributed by atoms with Crippen LogP contribution in [0.3, 0.4) is 0 Å². The minimum Gasteiger partial charge on any atom is -0.197 e. The monoisotopic (exact) mass is 215 g/mol. The first-order valence-corrected chi connectivity index (χ1v) is 6.90. The Labute approximate surface area is 98.5 Å². The van der Waals surface area contributed by atoms with Crippen LogP contribution in [-0.4, -0.2) is 0 Å². The van der Waals surface area contributed by atoms with Gasteiger partial charge >= 0.3 is 0 Å². The lowest BCUT2D eigenvalue weighted by Crippen LogP contribution is -2.45. The van der Waals surface area contributed by atoms with Crippen LogP contribution in [0.15, 0.2) is 11.6 Å². The fourth-order valence-corrected chi connectivity index (χ4v) is 4.36. The van der Waals surface area contributed by atoms with E-state index >= 15 is 0 Å². The molecule has 0 bridgehead atoms. The Morgan fingerprint density at radius 2 is 1.81 bits per heavy atom. The molecule has 1 heteroatoms. The number of hydrogen-bond donors (Lipinski definition) is 0. The van der Waals surface area contributed by atoms with Crippen molar-refractivity contribution in [2.45, 2.75) is 64.2 Å². The van der Waals surface area contributed by atoms with Crippen molar-refractivity contribution in [3.8, 4) is 6.07 Å². The Morgan fingerprint density at radius 3 is 2.38 bits per heavy atom. The molecular formula is C15H21N. The Bertz CT molecular complexity index is 344. The zero-order chi connectivity index (χ0) is 11.1. The summed E-state index contributed by atoms with van der Waals surface area (Å²) in [5, 5.41) is 9.54. The summed E-state index contributed by atoms with van der Waals surface area (Å²) in [7, 11) is 0. The molecule has 0 unspecified atom stereocenters. The van der Waals surface area contributed by atoms with Gasteiger partial charge in [0.05, 0.1) is 11.5 Å². The molecule has 0 radical (unpaired) electrons. The molecular weight excluding hydrogens is 194 g/mol. The molecule has 3 aliphatic carbocycles. The van der Waals surface area contributed by atoms with E-state index in [4.69, 9.17) is 0 Å². The van der Waals surface area contributed by atoms with E-state index in [0.29, 0.717) is 5.41 Å². The molecule has 3 aliphatic rings. The van der Waals surface area contributed by atoms with Gasteiger partial charge in [0.2, 0.25) is 0 Å². The molecule has 0 N–H and O–H groups in total. The SMILES string of the molecule is N#CC1(C2=CCCCC2)CC2(CCCC2)C1. The highest BCUT2D eigenvalue weighted by Gasteiger charge is 2.56. The molecule has 3 rings (SSSR count). The third-order valence-corrected chi connectivity index (χ3v) is 5.14. The second kappa shape index (κ2) is 3.62. The van der Waals surface area contributed by atoms with Crippen LogP contribution < -0.4 is 0 Å². The van der Waals surface area contributed by atoms with Crippen molar-refractivity contribution in [2.75, 3.05) is 0 Å². The summed E-state index contributed by atoms with van der Waals surface area (Å²) in [6, 6.07) is 2.67. The average Bonchev–Trinajstić information content (AvgIpc) is 2.76. The van der Waals surface area contributed by atoms with Gasteiger partial charge in [-0.1, -0.05) is 24.5 Å². The predicted octanol–water partition coefficient (Wildman–Crippen LogP) is 4.35. The molecule has 0 heterocycles. The summed E-state index contributed by atoms with van der Waals surface area (Å²) in [6.07, 6.45) is 15.4. The van der Waals surface area contributed by atoms with Crippen molar-refractivity contribution in [3.05, 3.63) is 11.6 Å². The van der Waals surface area contributed by atoms with Gasteiger partial charge in [0.1, 0.15) is 0 Å². The lowest BCUT2D eigenvalue weighted by molar-refractivity contribution is 0.0313. The molecule has 16 heavy (non-hydrogen) atoms. The van der Waals surface area contributed by atoms with Gasteiger partial charge in [-0.15, -0.1) is 0 Å². The molecule has 0 aromatic heterocycles.